The number of benzene rings is 1. The van der Waals surface area contributed by atoms with Crippen LogP contribution in [0.1, 0.15) is 6.42 Å². The van der Waals surface area contributed by atoms with E-state index in [0.717, 1.165) is 39.1 Å². The van der Waals surface area contributed by atoms with Crippen LogP contribution in [0.25, 0.3) is 0 Å². The molecule has 1 N–H and O–H groups in total. The van der Waals surface area contributed by atoms with Gasteiger partial charge in [-0.3, -0.25) is 15.2 Å². The maximum Gasteiger partial charge on any atom is 0.411 e. The van der Waals surface area contributed by atoms with Gasteiger partial charge in [-0.05, 0) is 30.7 Å². The molecule has 1 aromatic heterocycles. The first-order valence-corrected chi connectivity index (χ1v) is 9.20. The molecule has 1 saturated heterocycles. The summed E-state index contributed by atoms with van der Waals surface area (Å²) in [7, 11) is 1.57. The lowest BCUT2D eigenvalue weighted by Gasteiger charge is -2.36. The molecule has 7 nitrogen and oxygen atoms in total. The molecule has 0 spiro atoms. The highest BCUT2D eigenvalue weighted by molar-refractivity contribution is 5.86. The quantitative estimate of drug-likeness (QED) is 0.756. The lowest BCUT2D eigenvalue weighted by atomic mass is 10.2. The van der Waals surface area contributed by atoms with Crippen LogP contribution in [-0.2, 0) is 4.74 Å². The van der Waals surface area contributed by atoms with Crippen LogP contribution in [0, 0.1) is 0 Å². The van der Waals surface area contributed by atoms with Gasteiger partial charge in [-0.15, -0.1) is 0 Å². The van der Waals surface area contributed by atoms with E-state index >= 15 is 0 Å². The van der Waals surface area contributed by atoms with Crippen molar-refractivity contribution in [1.82, 2.24) is 9.88 Å². The Morgan fingerprint density at radius 3 is 2.59 bits per heavy atom. The lowest BCUT2D eigenvalue weighted by molar-refractivity contribution is 0.151. The number of rotatable bonds is 7. The summed E-state index contributed by atoms with van der Waals surface area (Å²) < 4.78 is 10.5. The molecule has 1 amide bonds. The maximum absolute atomic E-state index is 11.9. The highest BCUT2D eigenvalue weighted by atomic mass is 16.5. The van der Waals surface area contributed by atoms with E-state index in [4.69, 9.17) is 9.47 Å². The van der Waals surface area contributed by atoms with E-state index in [1.807, 2.05) is 36.7 Å². The number of para-hydroxylation sites is 2. The van der Waals surface area contributed by atoms with E-state index in [1.165, 1.54) is 5.69 Å². The maximum atomic E-state index is 11.9. The SMILES string of the molecule is COc1ccccc1NC(=O)OCCCN1CCN(c2ccncc2)CC1. The third-order valence-corrected chi connectivity index (χ3v) is 4.60. The molecule has 0 radical (unpaired) electrons. The Bertz CT molecular complexity index is 718. The molecule has 2 aromatic rings. The van der Waals surface area contributed by atoms with E-state index in [1.54, 1.807) is 19.2 Å². The fraction of sp³-hybridized carbons (Fsp3) is 0.400. The van der Waals surface area contributed by atoms with E-state index in [2.05, 4.69) is 20.1 Å². The Hall–Kier alpha value is -2.80. The molecule has 1 aliphatic heterocycles. The molecule has 3 rings (SSSR count). The van der Waals surface area contributed by atoms with Crippen molar-refractivity contribution in [2.45, 2.75) is 6.42 Å². The first-order chi connectivity index (χ1) is 13.3. The summed E-state index contributed by atoms with van der Waals surface area (Å²) in [6, 6.07) is 11.4. The number of nitrogens with zero attached hydrogens (tertiary/aromatic N) is 3. The average molecular weight is 370 g/mol. The largest absolute Gasteiger partial charge is 0.495 e. The number of hydrogen-bond acceptors (Lipinski definition) is 6. The second-order valence-electron chi connectivity index (χ2n) is 6.35. The number of nitrogens with one attached hydrogen (secondary N) is 1. The molecule has 2 heterocycles. The molecule has 7 heteroatoms. The van der Waals surface area contributed by atoms with Crippen molar-refractivity contribution in [3.63, 3.8) is 0 Å². The zero-order valence-corrected chi connectivity index (χ0v) is 15.6. The van der Waals surface area contributed by atoms with Crippen LogP contribution >= 0.6 is 0 Å². The molecule has 0 atom stereocenters. The summed E-state index contributed by atoms with van der Waals surface area (Å²) >= 11 is 0. The third-order valence-electron chi connectivity index (χ3n) is 4.60. The van der Waals surface area contributed by atoms with Gasteiger partial charge in [0.2, 0.25) is 0 Å². The number of ether oxygens (including phenoxy) is 2. The smallest absolute Gasteiger partial charge is 0.411 e. The molecule has 0 unspecified atom stereocenters. The van der Waals surface area contributed by atoms with Crippen LogP contribution in [0.3, 0.4) is 0 Å². The van der Waals surface area contributed by atoms with Crippen molar-refractivity contribution >= 4 is 17.5 Å². The fourth-order valence-corrected chi connectivity index (χ4v) is 3.13. The summed E-state index contributed by atoms with van der Waals surface area (Å²) in [5.74, 6) is 0.613. The zero-order chi connectivity index (χ0) is 18.9. The number of aromatic nitrogens is 1. The molecule has 0 bridgehead atoms. The van der Waals surface area contributed by atoms with Crippen LogP contribution in [0.5, 0.6) is 5.75 Å². The monoisotopic (exact) mass is 370 g/mol. The van der Waals surface area contributed by atoms with Crippen LogP contribution < -0.4 is 15.0 Å². The van der Waals surface area contributed by atoms with Gasteiger partial charge in [0, 0.05) is 50.8 Å². The molecule has 1 aliphatic rings. The fourth-order valence-electron chi connectivity index (χ4n) is 3.13. The van der Waals surface area contributed by atoms with E-state index < -0.39 is 6.09 Å². The molecular formula is C20H26N4O3. The Morgan fingerprint density at radius 1 is 1.11 bits per heavy atom. The number of pyridine rings is 1. The van der Waals surface area contributed by atoms with Crippen molar-refractivity contribution in [2.24, 2.45) is 0 Å². The number of amides is 1. The van der Waals surface area contributed by atoms with E-state index in [-0.39, 0.29) is 0 Å². The molecule has 0 saturated carbocycles. The van der Waals surface area contributed by atoms with Gasteiger partial charge in [-0.2, -0.15) is 0 Å². The first kappa shape index (κ1) is 19.0. The highest BCUT2D eigenvalue weighted by Crippen LogP contribution is 2.23. The number of hydrogen-bond donors (Lipinski definition) is 1. The highest BCUT2D eigenvalue weighted by Gasteiger charge is 2.16. The van der Waals surface area contributed by atoms with Crippen LogP contribution in [0.2, 0.25) is 0 Å². The predicted molar refractivity (Wildman–Crippen MR) is 105 cm³/mol. The number of methoxy groups -OCH3 is 1. The van der Waals surface area contributed by atoms with Gasteiger partial charge >= 0.3 is 6.09 Å². The third kappa shape index (κ3) is 5.59. The normalized spacial score (nSPS) is 14.6. The molecule has 1 fully saturated rings. The van der Waals surface area contributed by atoms with Gasteiger partial charge < -0.3 is 14.4 Å². The van der Waals surface area contributed by atoms with E-state index in [0.29, 0.717) is 18.0 Å². The Kier molecular flexibility index (Phi) is 6.87. The van der Waals surface area contributed by atoms with Gasteiger partial charge in [-0.25, -0.2) is 4.79 Å². The summed E-state index contributed by atoms with van der Waals surface area (Å²) in [5, 5.41) is 2.71. The molecule has 144 valence electrons. The van der Waals surface area contributed by atoms with Gasteiger partial charge in [0.15, 0.2) is 0 Å². The number of piperazine rings is 1. The summed E-state index contributed by atoms with van der Waals surface area (Å²) in [4.78, 5) is 20.8. The second kappa shape index (κ2) is 9.78. The Balaban J connectivity index is 1.32. The van der Waals surface area contributed by atoms with Gasteiger partial charge in [0.05, 0.1) is 19.4 Å². The minimum atomic E-state index is -0.456. The number of carbonyl (C=O) groups is 1. The summed E-state index contributed by atoms with van der Waals surface area (Å²) in [6.45, 7) is 5.33. The van der Waals surface area contributed by atoms with Crippen molar-refractivity contribution in [2.75, 3.05) is 56.7 Å². The van der Waals surface area contributed by atoms with Crippen LogP contribution in [0.15, 0.2) is 48.8 Å². The predicted octanol–water partition coefficient (Wildman–Crippen LogP) is 2.85. The molecular weight excluding hydrogens is 344 g/mol. The molecule has 1 aromatic carbocycles. The molecule has 27 heavy (non-hydrogen) atoms. The van der Waals surface area contributed by atoms with Gasteiger partial charge in [0.25, 0.3) is 0 Å². The minimum absolute atomic E-state index is 0.394. The van der Waals surface area contributed by atoms with Crippen LogP contribution in [-0.4, -0.2) is 62.4 Å². The van der Waals surface area contributed by atoms with Gasteiger partial charge in [0.1, 0.15) is 5.75 Å². The molecule has 0 aliphatic carbocycles. The van der Waals surface area contributed by atoms with Crippen LogP contribution in [0.4, 0.5) is 16.2 Å². The Morgan fingerprint density at radius 2 is 1.85 bits per heavy atom. The van der Waals surface area contributed by atoms with Crippen molar-refractivity contribution in [3.8, 4) is 5.75 Å². The zero-order valence-electron chi connectivity index (χ0n) is 15.6. The second-order valence-corrected chi connectivity index (χ2v) is 6.35. The first-order valence-electron chi connectivity index (χ1n) is 9.20. The summed E-state index contributed by atoms with van der Waals surface area (Å²) in [5.41, 5.74) is 1.83. The van der Waals surface area contributed by atoms with Gasteiger partial charge in [-0.1, -0.05) is 12.1 Å². The Labute approximate surface area is 159 Å². The minimum Gasteiger partial charge on any atom is -0.495 e. The lowest BCUT2D eigenvalue weighted by Crippen LogP contribution is -2.46. The topological polar surface area (TPSA) is 66.9 Å². The standard InChI is InChI=1S/C20H26N4O3/c1-26-19-6-3-2-5-18(19)22-20(25)27-16-4-11-23-12-14-24(15-13-23)17-7-9-21-10-8-17/h2-3,5-10H,4,11-16H2,1H3,(H,22,25). The summed E-state index contributed by atoms with van der Waals surface area (Å²) in [6.07, 6.45) is 4.01. The van der Waals surface area contributed by atoms with Crippen molar-refractivity contribution in [1.29, 1.82) is 0 Å². The van der Waals surface area contributed by atoms with Crippen molar-refractivity contribution < 1.29 is 14.3 Å². The van der Waals surface area contributed by atoms with Crippen molar-refractivity contribution in [3.05, 3.63) is 48.8 Å². The van der Waals surface area contributed by atoms with E-state index in [9.17, 15) is 4.79 Å². The number of carbonyl (C=O) groups excluding carboxylic acids is 1. The number of anilines is 2. The average Bonchev–Trinajstić information content (AvgIpc) is 2.73.